The van der Waals surface area contributed by atoms with Gasteiger partial charge in [-0.15, -0.1) is 0 Å². The largest absolute Gasteiger partial charge is 0.492 e. The summed E-state index contributed by atoms with van der Waals surface area (Å²) in [7, 11) is 0. The number of aromatic nitrogens is 1. The van der Waals surface area contributed by atoms with Crippen molar-refractivity contribution in [2.24, 2.45) is 0 Å². The fourth-order valence-electron chi connectivity index (χ4n) is 2.06. The lowest BCUT2D eigenvalue weighted by atomic mass is 10.1. The summed E-state index contributed by atoms with van der Waals surface area (Å²) in [6.45, 7) is 4.49. The summed E-state index contributed by atoms with van der Waals surface area (Å²) in [5, 5.41) is 3.26. The van der Waals surface area contributed by atoms with Gasteiger partial charge in [-0.25, -0.2) is 0 Å². The topological polar surface area (TPSA) is 60.5 Å². The number of carbonyl (C=O) groups is 1. The van der Waals surface area contributed by atoms with Crippen molar-refractivity contribution in [2.45, 2.75) is 25.9 Å². The smallest absolute Gasteiger partial charge is 0.190 e. The number of ether oxygens (including phenoxy) is 2. The second-order valence-corrected chi connectivity index (χ2v) is 4.53. The normalized spacial score (nSPS) is 16.3. The summed E-state index contributed by atoms with van der Waals surface area (Å²) < 4.78 is 11.0. The predicted octanol–water partition coefficient (Wildman–Crippen LogP) is 1.43. The highest BCUT2D eigenvalue weighted by Gasteiger charge is 2.16. The van der Waals surface area contributed by atoms with Crippen molar-refractivity contribution in [3.63, 3.8) is 0 Å². The first kappa shape index (κ1) is 14.0. The highest BCUT2D eigenvalue weighted by molar-refractivity contribution is 5.97. The maximum Gasteiger partial charge on any atom is 0.190 e. The zero-order valence-corrected chi connectivity index (χ0v) is 11.2. The fourth-order valence-corrected chi connectivity index (χ4v) is 2.06. The van der Waals surface area contributed by atoms with Crippen LogP contribution in [0.4, 0.5) is 0 Å². The van der Waals surface area contributed by atoms with Crippen LogP contribution in [0.25, 0.3) is 0 Å². The van der Waals surface area contributed by atoms with Crippen molar-refractivity contribution < 1.29 is 14.3 Å². The van der Waals surface area contributed by atoms with Gasteiger partial charge in [-0.2, -0.15) is 0 Å². The molecular formula is C14H20N2O3. The number of rotatable bonds is 6. The van der Waals surface area contributed by atoms with Gasteiger partial charge in [-0.3, -0.25) is 9.78 Å². The van der Waals surface area contributed by atoms with Crippen LogP contribution in [0.15, 0.2) is 18.5 Å². The van der Waals surface area contributed by atoms with Crippen LogP contribution in [0.3, 0.4) is 0 Å². The molecule has 5 nitrogen and oxygen atoms in total. The Labute approximate surface area is 113 Å². The first-order valence-electron chi connectivity index (χ1n) is 6.73. The molecule has 0 unspecified atom stereocenters. The van der Waals surface area contributed by atoms with Gasteiger partial charge in [0.1, 0.15) is 12.4 Å². The maximum absolute atomic E-state index is 12.0. The second kappa shape index (κ2) is 7.21. The van der Waals surface area contributed by atoms with Crippen LogP contribution in [-0.4, -0.2) is 43.2 Å². The van der Waals surface area contributed by atoms with E-state index >= 15 is 0 Å². The van der Waals surface area contributed by atoms with E-state index < -0.39 is 0 Å². The molecule has 0 saturated carbocycles. The molecule has 1 fully saturated rings. The minimum Gasteiger partial charge on any atom is -0.492 e. The predicted molar refractivity (Wildman–Crippen MR) is 71.6 cm³/mol. The average molecular weight is 264 g/mol. The minimum atomic E-state index is -0.0485. The third kappa shape index (κ3) is 4.29. The number of ketones is 1. The summed E-state index contributed by atoms with van der Waals surface area (Å²) in [4.78, 5) is 16.0. The third-order valence-corrected chi connectivity index (χ3v) is 3.08. The van der Waals surface area contributed by atoms with Crippen LogP contribution in [0.1, 0.15) is 30.1 Å². The van der Waals surface area contributed by atoms with E-state index in [1.54, 1.807) is 18.5 Å². The Hall–Kier alpha value is -1.46. The number of nitrogens with zero attached hydrogens (tertiary/aromatic N) is 1. The van der Waals surface area contributed by atoms with Crippen LogP contribution in [-0.2, 0) is 4.74 Å². The van der Waals surface area contributed by atoms with Crippen molar-refractivity contribution in [3.05, 3.63) is 24.0 Å². The zero-order chi connectivity index (χ0) is 13.5. The molecule has 5 heteroatoms. The average Bonchev–Trinajstić information content (AvgIpc) is 2.46. The standard InChI is InChI=1S/C14H20N2O3/c1-2-18-13-7-11(8-16-9-13)14(17)10-19-12-3-5-15-6-4-12/h7-9,12,15H,2-6,10H2,1H3. The molecule has 1 aliphatic rings. The summed E-state index contributed by atoms with van der Waals surface area (Å²) in [5.41, 5.74) is 0.542. The summed E-state index contributed by atoms with van der Waals surface area (Å²) >= 11 is 0. The molecule has 2 heterocycles. The van der Waals surface area contributed by atoms with Crippen LogP contribution >= 0.6 is 0 Å². The summed E-state index contributed by atoms with van der Waals surface area (Å²) in [6, 6.07) is 1.71. The molecule has 0 aliphatic carbocycles. The molecule has 0 bridgehead atoms. The number of piperidine rings is 1. The lowest BCUT2D eigenvalue weighted by molar-refractivity contribution is 0.0317. The zero-order valence-electron chi connectivity index (χ0n) is 11.2. The number of hydrogen-bond donors (Lipinski definition) is 1. The van der Waals surface area contributed by atoms with E-state index in [4.69, 9.17) is 9.47 Å². The molecule has 19 heavy (non-hydrogen) atoms. The van der Waals surface area contributed by atoms with Gasteiger partial charge in [0.25, 0.3) is 0 Å². The third-order valence-electron chi connectivity index (χ3n) is 3.08. The summed E-state index contributed by atoms with van der Waals surface area (Å²) in [5.74, 6) is 0.572. The molecule has 1 aromatic heterocycles. The van der Waals surface area contributed by atoms with Gasteiger partial charge in [-0.1, -0.05) is 0 Å². The van der Waals surface area contributed by atoms with E-state index in [1.807, 2.05) is 6.92 Å². The molecule has 1 aliphatic heterocycles. The molecule has 0 amide bonds. The Morgan fingerprint density at radius 2 is 2.21 bits per heavy atom. The molecule has 1 aromatic rings. The lowest BCUT2D eigenvalue weighted by Gasteiger charge is -2.22. The minimum absolute atomic E-state index is 0.0485. The molecular weight excluding hydrogens is 244 g/mol. The Balaban J connectivity index is 1.86. The van der Waals surface area contributed by atoms with Crippen molar-refractivity contribution >= 4 is 5.78 Å². The first-order valence-corrected chi connectivity index (χ1v) is 6.73. The molecule has 0 radical (unpaired) electrons. The Morgan fingerprint density at radius 3 is 2.95 bits per heavy atom. The fraction of sp³-hybridized carbons (Fsp3) is 0.571. The molecule has 1 saturated heterocycles. The molecule has 0 aromatic carbocycles. The lowest BCUT2D eigenvalue weighted by Crippen LogP contribution is -2.33. The first-order chi connectivity index (χ1) is 9.29. The quantitative estimate of drug-likeness (QED) is 0.788. The number of nitrogens with one attached hydrogen (secondary N) is 1. The number of carbonyl (C=O) groups excluding carboxylic acids is 1. The van der Waals surface area contributed by atoms with Crippen LogP contribution in [0.2, 0.25) is 0 Å². The van der Waals surface area contributed by atoms with Crippen molar-refractivity contribution in [1.82, 2.24) is 10.3 Å². The van der Waals surface area contributed by atoms with Gasteiger partial charge < -0.3 is 14.8 Å². The van der Waals surface area contributed by atoms with Gasteiger partial charge in [0, 0.05) is 11.8 Å². The SMILES string of the molecule is CCOc1cncc(C(=O)COC2CCNCC2)c1. The van der Waals surface area contributed by atoms with E-state index in [-0.39, 0.29) is 18.5 Å². The molecule has 2 rings (SSSR count). The van der Waals surface area contributed by atoms with E-state index in [1.165, 1.54) is 0 Å². The Bertz CT molecular complexity index is 417. The molecule has 0 atom stereocenters. The van der Waals surface area contributed by atoms with E-state index in [0.29, 0.717) is 17.9 Å². The number of pyridine rings is 1. The number of Topliss-reactive ketones (excluding diaryl/α,β-unsaturated/α-hetero) is 1. The van der Waals surface area contributed by atoms with Gasteiger partial charge >= 0.3 is 0 Å². The molecule has 104 valence electrons. The highest BCUT2D eigenvalue weighted by atomic mass is 16.5. The summed E-state index contributed by atoms with van der Waals surface area (Å²) in [6.07, 6.45) is 5.27. The van der Waals surface area contributed by atoms with Crippen molar-refractivity contribution in [2.75, 3.05) is 26.3 Å². The van der Waals surface area contributed by atoms with Gasteiger partial charge in [-0.05, 0) is 38.9 Å². The Morgan fingerprint density at radius 1 is 1.42 bits per heavy atom. The molecule has 0 spiro atoms. The van der Waals surface area contributed by atoms with Gasteiger partial charge in [0.2, 0.25) is 0 Å². The van der Waals surface area contributed by atoms with E-state index in [2.05, 4.69) is 10.3 Å². The molecule has 1 N–H and O–H groups in total. The Kier molecular flexibility index (Phi) is 5.30. The highest BCUT2D eigenvalue weighted by Crippen LogP contribution is 2.13. The van der Waals surface area contributed by atoms with Crippen LogP contribution in [0.5, 0.6) is 5.75 Å². The van der Waals surface area contributed by atoms with Gasteiger partial charge in [0.05, 0.1) is 18.9 Å². The second-order valence-electron chi connectivity index (χ2n) is 4.53. The maximum atomic E-state index is 12.0. The number of hydrogen-bond acceptors (Lipinski definition) is 5. The van der Waals surface area contributed by atoms with E-state index in [0.717, 1.165) is 25.9 Å². The van der Waals surface area contributed by atoms with Crippen LogP contribution < -0.4 is 10.1 Å². The van der Waals surface area contributed by atoms with Crippen molar-refractivity contribution in [3.8, 4) is 5.75 Å². The van der Waals surface area contributed by atoms with Crippen molar-refractivity contribution in [1.29, 1.82) is 0 Å². The van der Waals surface area contributed by atoms with Crippen LogP contribution in [0, 0.1) is 0 Å². The van der Waals surface area contributed by atoms with Gasteiger partial charge in [0.15, 0.2) is 5.78 Å². The van der Waals surface area contributed by atoms with E-state index in [9.17, 15) is 4.79 Å². The monoisotopic (exact) mass is 264 g/mol.